The minimum atomic E-state index is 0.194. The summed E-state index contributed by atoms with van der Waals surface area (Å²) in [6.45, 7) is 2.47. The zero-order valence-electron chi connectivity index (χ0n) is 7.04. The van der Waals surface area contributed by atoms with Crippen molar-refractivity contribution >= 4 is 29.2 Å². The average molecular weight is 218 g/mol. The van der Waals surface area contributed by atoms with E-state index in [1.165, 1.54) is 12.7 Å². The molecule has 0 aliphatic carbocycles. The molecule has 0 radical (unpaired) electrons. The van der Waals surface area contributed by atoms with E-state index in [0.717, 1.165) is 0 Å². The van der Waals surface area contributed by atoms with Gasteiger partial charge in [-0.05, 0) is 6.92 Å². The van der Waals surface area contributed by atoms with Crippen LogP contribution in [0.5, 0.6) is 6.01 Å². The molecule has 5 nitrogen and oxygen atoms in total. The molecule has 0 saturated carbocycles. The van der Waals surface area contributed by atoms with E-state index in [-0.39, 0.29) is 4.32 Å². The predicted octanol–water partition coefficient (Wildman–Crippen LogP) is 0.430. The molecule has 7 heteroatoms. The van der Waals surface area contributed by atoms with Crippen LogP contribution in [0.1, 0.15) is 6.92 Å². The van der Waals surface area contributed by atoms with Crippen LogP contribution in [0.15, 0.2) is 12.7 Å². The molecule has 1 rings (SSSR count). The van der Waals surface area contributed by atoms with E-state index >= 15 is 0 Å². The number of thiocarbonyl (C=S) groups is 1. The second-order valence-electron chi connectivity index (χ2n) is 1.69. The lowest BCUT2D eigenvalue weighted by molar-refractivity contribution is 0.311. The fraction of sp³-hybridized carbons (Fsp3) is 0.333. The summed E-state index contributed by atoms with van der Waals surface area (Å²) in [5.74, 6) is 0. The third kappa shape index (κ3) is 8.96. The number of nitrogens with zero attached hydrogens (tertiary/aromatic N) is 3. The van der Waals surface area contributed by atoms with Gasteiger partial charge in [-0.1, -0.05) is 12.2 Å². The van der Waals surface area contributed by atoms with Crippen molar-refractivity contribution in [3.05, 3.63) is 12.7 Å². The molecule has 0 aliphatic heterocycles. The zero-order valence-corrected chi connectivity index (χ0v) is 8.76. The third-order valence-electron chi connectivity index (χ3n) is 0.743. The van der Waals surface area contributed by atoms with Crippen LogP contribution in [0, 0.1) is 0 Å². The molecule has 2 N–H and O–H groups in total. The smallest absolute Gasteiger partial charge is 0.319 e. The average Bonchev–Trinajstić information content (AvgIpc) is 2.06. The van der Waals surface area contributed by atoms with Crippen molar-refractivity contribution in [2.75, 3.05) is 6.61 Å². The van der Waals surface area contributed by atoms with Gasteiger partial charge >= 0.3 is 6.01 Å². The number of ether oxygens (including phenoxy) is 1. The lowest BCUT2D eigenvalue weighted by Gasteiger charge is -1.95. The van der Waals surface area contributed by atoms with Gasteiger partial charge in [0.05, 0.1) is 6.61 Å². The number of rotatable bonds is 2. The molecular weight excluding hydrogens is 208 g/mol. The lowest BCUT2D eigenvalue weighted by atomic mass is 10.9. The fourth-order valence-electron chi connectivity index (χ4n) is 0.432. The SMILES string of the molecule is CCOc1ncncn1.NC(=S)S. The van der Waals surface area contributed by atoms with E-state index in [1.807, 2.05) is 6.92 Å². The van der Waals surface area contributed by atoms with Crippen LogP contribution in [0.2, 0.25) is 0 Å². The second kappa shape index (κ2) is 7.69. The molecule has 72 valence electrons. The molecule has 0 spiro atoms. The molecule has 1 aromatic rings. The summed E-state index contributed by atoms with van der Waals surface area (Å²) < 4.78 is 5.14. The normalized spacial score (nSPS) is 8.15. The minimum Gasteiger partial charge on any atom is -0.464 e. The minimum absolute atomic E-state index is 0.194. The summed E-state index contributed by atoms with van der Waals surface area (Å²) >= 11 is 7.65. The fourth-order valence-corrected chi connectivity index (χ4v) is 0.432. The summed E-state index contributed by atoms with van der Waals surface area (Å²) in [4.78, 5) is 11.1. The van der Waals surface area contributed by atoms with E-state index in [0.29, 0.717) is 12.6 Å². The quantitative estimate of drug-likeness (QED) is 0.554. The van der Waals surface area contributed by atoms with E-state index in [2.05, 4.69) is 39.8 Å². The molecular formula is C6H10N4OS2. The van der Waals surface area contributed by atoms with Gasteiger partial charge in [-0.2, -0.15) is 9.97 Å². The number of hydrogen-bond acceptors (Lipinski definition) is 5. The van der Waals surface area contributed by atoms with Crippen molar-refractivity contribution in [3.8, 4) is 6.01 Å². The molecule has 0 atom stereocenters. The van der Waals surface area contributed by atoms with Gasteiger partial charge in [0.25, 0.3) is 0 Å². The Morgan fingerprint density at radius 2 is 2.08 bits per heavy atom. The summed E-state index contributed by atoms with van der Waals surface area (Å²) in [5, 5.41) is 0. The first-order valence-electron chi connectivity index (χ1n) is 3.40. The molecule has 0 aliphatic rings. The van der Waals surface area contributed by atoms with Crippen LogP contribution in [0.25, 0.3) is 0 Å². The highest BCUT2D eigenvalue weighted by atomic mass is 32.1. The third-order valence-corrected chi connectivity index (χ3v) is 0.743. The highest BCUT2D eigenvalue weighted by molar-refractivity contribution is 8.10. The standard InChI is InChI=1S/C5H7N3O.CH3NS2/c1-2-9-5-7-3-6-4-8-5;2-1(3)4/h3-4H,2H2,1H3;(H3,2,3,4). The van der Waals surface area contributed by atoms with Gasteiger partial charge < -0.3 is 10.5 Å². The number of thiol groups is 1. The number of hydrogen-bond donors (Lipinski definition) is 2. The van der Waals surface area contributed by atoms with Gasteiger partial charge in [-0.15, -0.1) is 12.6 Å². The Balaban J connectivity index is 0.000000310. The molecule has 0 unspecified atom stereocenters. The van der Waals surface area contributed by atoms with Crippen LogP contribution < -0.4 is 10.5 Å². The Bertz CT molecular complexity index is 240. The predicted molar refractivity (Wildman–Crippen MR) is 56.8 cm³/mol. The molecule has 13 heavy (non-hydrogen) atoms. The van der Waals surface area contributed by atoms with E-state index in [9.17, 15) is 0 Å². The number of nitrogens with two attached hydrogens (primary N) is 1. The first-order valence-corrected chi connectivity index (χ1v) is 4.25. The molecule has 1 aromatic heterocycles. The monoisotopic (exact) mass is 218 g/mol. The summed E-state index contributed by atoms with van der Waals surface area (Å²) in [6.07, 6.45) is 2.80. The van der Waals surface area contributed by atoms with Crippen molar-refractivity contribution < 1.29 is 4.74 Å². The highest BCUT2D eigenvalue weighted by Gasteiger charge is 1.88. The molecule has 0 amide bonds. The van der Waals surface area contributed by atoms with E-state index < -0.39 is 0 Å². The van der Waals surface area contributed by atoms with E-state index in [1.54, 1.807) is 0 Å². The second-order valence-corrected chi connectivity index (χ2v) is 2.92. The lowest BCUT2D eigenvalue weighted by Crippen LogP contribution is -1.96. The van der Waals surface area contributed by atoms with Gasteiger partial charge in [0.1, 0.15) is 17.0 Å². The van der Waals surface area contributed by atoms with Crippen LogP contribution in [-0.4, -0.2) is 25.9 Å². The first-order chi connectivity index (χ1) is 6.16. The summed E-state index contributed by atoms with van der Waals surface area (Å²) in [6, 6.07) is 0.382. The zero-order chi connectivity index (χ0) is 10.1. The number of aromatic nitrogens is 3. The Morgan fingerprint density at radius 1 is 1.62 bits per heavy atom. The highest BCUT2D eigenvalue weighted by Crippen LogP contribution is 1.93. The van der Waals surface area contributed by atoms with Gasteiger partial charge in [-0.3, -0.25) is 0 Å². The topological polar surface area (TPSA) is 73.9 Å². The van der Waals surface area contributed by atoms with Crippen molar-refractivity contribution in [2.45, 2.75) is 6.92 Å². The Hall–Kier alpha value is -0.950. The molecule has 0 bridgehead atoms. The Labute approximate surface area is 87.2 Å². The maximum atomic E-state index is 4.94. The van der Waals surface area contributed by atoms with Crippen molar-refractivity contribution in [2.24, 2.45) is 5.73 Å². The van der Waals surface area contributed by atoms with Crippen LogP contribution in [0.4, 0.5) is 0 Å². The maximum absolute atomic E-state index is 4.94. The van der Waals surface area contributed by atoms with Gasteiger partial charge in [0.2, 0.25) is 0 Å². The van der Waals surface area contributed by atoms with Crippen molar-refractivity contribution in [1.29, 1.82) is 0 Å². The molecule has 0 aromatic carbocycles. The van der Waals surface area contributed by atoms with Gasteiger partial charge in [0.15, 0.2) is 0 Å². The van der Waals surface area contributed by atoms with Crippen LogP contribution >= 0.6 is 24.8 Å². The van der Waals surface area contributed by atoms with Crippen molar-refractivity contribution in [3.63, 3.8) is 0 Å². The Kier molecular flexibility index (Phi) is 7.12. The van der Waals surface area contributed by atoms with Crippen molar-refractivity contribution in [1.82, 2.24) is 15.0 Å². The Morgan fingerprint density at radius 3 is 2.46 bits per heavy atom. The first kappa shape index (κ1) is 12.0. The molecule has 1 heterocycles. The summed E-state index contributed by atoms with van der Waals surface area (Å²) in [7, 11) is 0. The van der Waals surface area contributed by atoms with E-state index in [4.69, 9.17) is 10.5 Å². The largest absolute Gasteiger partial charge is 0.464 e. The molecule has 0 fully saturated rings. The van der Waals surface area contributed by atoms with Crippen LogP contribution in [0.3, 0.4) is 0 Å². The summed E-state index contributed by atoms with van der Waals surface area (Å²) in [5.41, 5.74) is 4.71. The van der Waals surface area contributed by atoms with Gasteiger partial charge in [0, 0.05) is 0 Å². The molecule has 0 saturated heterocycles. The maximum Gasteiger partial charge on any atom is 0.319 e. The van der Waals surface area contributed by atoms with Gasteiger partial charge in [-0.25, -0.2) is 4.98 Å². The van der Waals surface area contributed by atoms with Crippen LogP contribution in [-0.2, 0) is 0 Å².